The summed E-state index contributed by atoms with van der Waals surface area (Å²) in [6.45, 7) is 7.70. The number of aliphatic hydroxyl groups is 1. The Bertz CT molecular complexity index is 1490. The van der Waals surface area contributed by atoms with Crippen LogP contribution in [0.1, 0.15) is 39.6 Å². The van der Waals surface area contributed by atoms with Gasteiger partial charge in [0, 0.05) is 0 Å². The predicted octanol–water partition coefficient (Wildman–Crippen LogP) is 5.02. The van der Waals surface area contributed by atoms with Crippen molar-refractivity contribution in [2.75, 3.05) is 12.0 Å². The molecule has 0 aliphatic carbocycles. The van der Waals surface area contributed by atoms with Crippen LogP contribution < -0.4 is 9.64 Å². The van der Waals surface area contributed by atoms with Gasteiger partial charge in [0.1, 0.15) is 23.3 Å². The van der Waals surface area contributed by atoms with E-state index in [-0.39, 0.29) is 17.3 Å². The lowest BCUT2D eigenvalue weighted by atomic mass is 9.96. The Kier molecular flexibility index (Phi) is 5.24. The van der Waals surface area contributed by atoms with E-state index in [0.29, 0.717) is 22.6 Å². The number of aliphatic hydroxyl groups excluding tert-OH is 1. The van der Waals surface area contributed by atoms with E-state index in [9.17, 15) is 14.7 Å². The van der Waals surface area contributed by atoms with Crippen molar-refractivity contribution in [3.8, 4) is 5.75 Å². The SMILES string of the molecule is COc1c(C)cc(C)cc1/C(O)=C1\C(=O)C(=O)N(c2nc3cc(C)c(C)cc3[nH]2)C1c1ccco1. The van der Waals surface area contributed by atoms with Gasteiger partial charge in [-0.15, -0.1) is 0 Å². The molecule has 3 heterocycles. The minimum atomic E-state index is -1.02. The van der Waals surface area contributed by atoms with Crippen LogP contribution in [0.3, 0.4) is 0 Å². The van der Waals surface area contributed by atoms with Crippen molar-refractivity contribution >= 4 is 34.4 Å². The molecule has 0 spiro atoms. The van der Waals surface area contributed by atoms with Gasteiger partial charge in [-0.25, -0.2) is 4.98 Å². The molecular weight excluding hydrogens is 446 g/mol. The van der Waals surface area contributed by atoms with Crippen molar-refractivity contribution in [2.24, 2.45) is 0 Å². The number of amides is 1. The standard InChI is InChI=1S/C27H25N3O5/c1-13-9-16(4)25(34-5)17(10-13)23(31)21-22(20-7-6-8-35-20)30(26(33)24(21)32)27-28-18-11-14(2)15(3)12-19(18)29-27/h6-12,22,31H,1-5H3,(H,28,29)/b23-21+. The molecule has 8 heteroatoms. The first kappa shape index (κ1) is 22.5. The summed E-state index contributed by atoms with van der Waals surface area (Å²) >= 11 is 0. The molecule has 0 radical (unpaired) electrons. The lowest BCUT2D eigenvalue weighted by Crippen LogP contribution is -2.30. The number of rotatable bonds is 4. The Labute approximate surface area is 201 Å². The molecule has 1 atom stereocenters. The van der Waals surface area contributed by atoms with Gasteiger partial charge in [0.25, 0.3) is 5.78 Å². The number of hydrogen-bond donors (Lipinski definition) is 2. The van der Waals surface area contributed by atoms with Gasteiger partial charge in [-0.05, 0) is 80.3 Å². The number of nitrogens with zero attached hydrogens (tertiary/aromatic N) is 2. The quantitative estimate of drug-likeness (QED) is 0.246. The number of hydrogen-bond acceptors (Lipinski definition) is 6. The number of carbonyl (C=O) groups is 2. The van der Waals surface area contributed by atoms with Gasteiger partial charge in [-0.1, -0.05) is 6.07 Å². The van der Waals surface area contributed by atoms with Crippen molar-refractivity contribution < 1.29 is 23.8 Å². The molecule has 4 aromatic rings. The maximum Gasteiger partial charge on any atom is 0.302 e. The van der Waals surface area contributed by atoms with Crippen molar-refractivity contribution in [1.82, 2.24) is 9.97 Å². The van der Waals surface area contributed by atoms with Gasteiger partial charge < -0.3 is 19.2 Å². The van der Waals surface area contributed by atoms with Gasteiger partial charge in [0.15, 0.2) is 0 Å². The summed E-state index contributed by atoms with van der Waals surface area (Å²) in [6, 6.07) is 9.81. The monoisotopic (exact) mass is 471 g/mol. The molecule has 1 aliphatic heterocycles. The molecule has 1 aliphatic rings. The largest absolute Gasteiger partial charge is 0.507 e. The number of anilines is 1. The van der Waals surface area contributed by atoms with Gasteiger partial charge >= 0.3 is 5.91 Å². The molecule has 35 heavy (non-hydrogen) atoms. The highest BCUT2D eigenvalue weighted by atomic mass is 16.5. The summed E-state index contributed by atoms with van der Waals surface area (Å²) in [4.78, 5) is 35.7. The number of aromatic nitrogens is 2. The number of methoxy groups -OCH3 is 1. The zero-order valence-electron chi connectivity index (χ0n) is 20.1. The molecule has 2 aromatic carbocycles. The van der Waals surface area contributed by atoms with E-state index in [1.165, 1.54) is 18.3 Å². The molecule has 5 rings (SSSR count). The fourth-order valence-electron chi connectivity index (χ4n) is 4.68. The van der Waals surface area contributed by atoms with E-state index in [1.54, 1.807) is 18.2 Å². The number of benzene rings is 2. The number of ketones is 1. The maximum absolute atomic E-state index is 13.4. The maximum atomic E-state index is 13.4. The van der Waals surface area contributed by atoms with Crippen LogP contribution >= 0.6 is 0 Å². The first-order valence-electron chi connectivity index (χ1n) is 11.2. The first-order valence-corrected chi connectivity index (χ1v) is 11.2. The number of imidazole rings is 1. The first-order chi connectivity index (χ1) is 16.7. The van der Waals surface area contributed by atoms with Crippen molar-refractivity contribution in [1.29, 1.82) is 0 Å². The molecule has 1 fully saturated rings. The third kappa shape index (κ3) is 3.49. The Morgan fingerprint density at radius 1 is 1.09 bits per heavy atom. The van der Waals surface area contributed by atoms with E-state index in [1.807, 2.05) is 45.9 Å². The number of carbonyl (C=O) groups excluding carboxylic acids is 2. The molecule has 0 bridgehead atoms. The lowest BCUT2D eigenvalue weighted by Gasteiger charge is -2.21. The zero-order valence-corrected chi connectivity index (χ0v) is 20.1. The van der Waals surface area contributed by atoms with Gasteiger partial charge in [-0.3, -0.25) is 14.5 Å². The van der Waals surface area contributed by atoms with Crippen LogP contribution in [-0.2, 0) is 9.59 Å². The number of aromatic amines is 1. The van der Waals surface area contributed by atoms with E-state index in [4.69, 9.17) is 9.15 Å². The Hall–Kier alpha value is -4.33. The smallest absolute Gasteiger partial charge is 0.302 e. The number of nitrogens with one attached hydrogen (secondary N) is 1. The molecule has 1 saturated heterocycles. The minimum absolute atomic E-state index is 0.0962. The Morgan fingerprint density at radius 3 is 2.51 bits per heavy atom. The van der Waals surface area contributed by atoms with E-state index >= 15 is 0 Å². The lowest BCUT2D eigenvalue weighted by molar-refractivity contribution is -0.132. The molecule has 2 aromatic heterocycles. The molecule has 2 N–H and O–H groups in total. The molecule has 1 unspecified atom stereocenters. The van der Waals surface area contributed by atoms with Crippen LogP contribution in [0.5, 0.6) is 5.75 Å². The number of fused-ring (bicyclic) bond motifs is 1. The number of Topliss-reactive ketones (excluding diaryl/α,β-unsaturated/α-hetero) is 1. The molecule has 0 saturated carbocycles. The van der Waals surface area contributed by atoms with Crippen LogP contribution in [0.15, 0.2) is 52.7 Å². The van der Waals surface area contributed by atoms with Crippen LogP contribution in [0, 0.1) is 27.7 Å². The molecular formula is C27H25N3O5. The topological polar surface area (TPSA) is 109 Å². The number of H-pyrrole nitrogens is 1. The highest BCUT2D eigenvalue weighted by Crippen LogP contribution is 2.43. The summed E-state index contributed by atoms with van der Waals surface area (Å²) in [6.07, 6.45) is 1.46. The molecule has 178 valence electrons. The number of furan rings is 1. The average Bonchev–Trinajstić information content (AvgIpc) is 3.52. The van der Waals surface area contributed by atoms with Crippen LogP contribution in [0.2, 0.25) is 0 Å². The number of aryl methyl sites for hydroxylation is 4. The van der Waals surface area contributed by atoms with Crippen molar-refractivity contribution in [2.45, 2.75) is 33.7 Å². The van der Waals surface area contributed by atoms with Crippen molar-refractivity contribution in [3.05, 3.63) is 81.8 Å². The average molecular weight is 472 g/mol. The summed E-state index contributed by atoms with van der Waals surface area (Å²) in [5.74, 6) is -1.05. The van der Waals surface area contributed by atoms with Crippen LogP contribution in [0.4, 0.5) is 5.95 Å². The zero-order chi connectivity index (χ0) is 25.0. The van der Waals surface area contributed by atoms with E-state index in [0.717, 1.165) is 27.8 Å². The predicted molar refractivity (Wildman–Crippen MR) is 132 cm³/mol. The second-order valence-electron chi connectivity index (χ2n) is 8.86. The second kappa shape index (κ2) is 8.16. The van der Waals surface area contributed by atoms with Gasteiger partial charge in [0.2, 0.25) is 5.95 Å². The molecule has 1 amide bonds. The fraction of sp³-hybridized carbons (Fsp3) is 0.222. The highest BCUT2D eigenvalue weighted by molar-refractivity contribution is 6.51. The van der Waals surface area contributed by atoms with Gasteiger partial charge in [-0.2, -0.15) is 0 Å². The summed E-state index contributed by atoms with van der Waals surface area (Å²) < 4.78 is 11.2. The van der Waals surface area contributed by atoms with Gasteiger partial charge in [0.05, 0.1) is 35.5 Å². The highest BCUT2D eigenvalue weighted by Gasteiger charge is 2.49. The summed E-state index contributed by atoms with van der Waals surface area (Å²) in [5.41, 5.74) is 5.42. The van der Waals surface area contributed by atoms with E-state index < -0.39 is 17.7 Å². The third-order valence-electron chi connectivity index (χ3n) is 6.45. The Morgan fingerprint density at radius 2 is 1.83 bits per heavy atom. The fourth-order valence-corrected chi connectivity index (χ4v) is 4.68. The van der Waals surface area contributed by atoms with Crippen molar-refractivity contribution in [3.63, 3.8) is 0 Å². The second-order valence-corrected chi connectivity index (χ2v) is 8.86. The molecule has 8 nitrogen and oxygen atoms in total. The van der Waals surface area contributed by atoms with Crippen LogP contribution in [-0.4, -0.2) is 33.9 Å². The van der Waals surface area contributed by atoms with Crippen LogP contribution in [0.25, 0.3) is 16.8 Å². The minimum Gasteiger partial charge on any atom is -0.507 e. The van der Waals surface area contributed by atoms with E-state index in [2.05, 4.69) is 9.97 Å². The summed E-state index contributed by atoms with van der Waals surface area (Å²) in [5, 5.41) is 11.4. The third-order valence-corrected chi connectivity index (χ3v) is 6.45. The number of ether oxygens (including phenoxy) is 1. The Balaban J connectivity index is 1.75. The summed E-state index contributed by atoms with van der Waals surface area (Å²) in [7, 11) is 1.50. The normalized spacial score (nSPS) is 17.5.